The van der Waals surface area contributed by atoms with Crippen LogP contribution in [0.5, 0.6) is 5.75 Å². The van der Waals surface area contributed by atoms with Gasteiger partial charge in [-0.25, -0.2) is 0 Å². The molecule has 2 aromatic rings. The summed E-state index contributed by atoms with van der Waals surface area (Å²) in [4.78, 5) is 11.3. The molecule has 0 aromatic heterocycles. The van der Waals surface area contributed by atoms with Crippen molar-refractivity contribution in [1.29, 1.82) is 5.41 Å². The van der Waals surface area contributed by atoms with E-state index in [2.05, 4.69) is 10.1 Å². The number of carbonyl (C=O) groups is 1. The van der Waals surface area contributed by atoms with Crippen molar-refractivity contribution in [1.82, 2.24) is 0 Å². The number of anilines is 1. The van der Waals surface area contributed by atoms with Crippen LogP contribution in [0.4, 0.5) is 18.9 Å². The highest BCUT2D eigenvalue weighted by Crippen LogP contribution is 2.31. The van der Waals surface area contributed by atoms with E-state index >= 15 is 0 Å². The fourth-order valence-corrected chi connectivity index (χ4v) is 2.46. The largest absolute Gasteiger partial charge is 0.573 e. The predicted molar refractivity (Wildman–Crippen MR) is 92.9 cm³/mol. The van der Waals surface area contributed by atoms with Crippen molar-refractivity contribution in [2.24, 2.45) is 5.73 Å². The summed E-state index contributed by atoms with van der Waals surface area (Å²) in [5, 5.41) is 10.7. The molecule has 0 unspecified atom stereocenters. The molecule has 2 rings (SSSR count). The van der Waals surface area contributed by atoms with Gasteiger partial charge in [0.25, 0.3) is 0 Å². The Hall–Kier alpha value is -2.74. The van der Waals surface area contributed by atoms with Crippen molar-refractivity contribution in [3.63, 3.8) is 0 Å². The molecule has 138 valence electrons. The maximum absolute atomic E-state index is 12.3. The van der Waals surface area contributed by atoms with Crippen LogP contribution in [0.1, 0.15) is 28.4 Å². The van der Waals surface area contributed by atoms with Gasteiger partial charge in [-0.1, -0.05) is 17.7 Å². The Labute approximate surface area is 152 Å². The molecular formula is C17H15ClF3N3O2. The Morgan fingerprint density at radius 2 is 1.96 bits per heavy atom. The van der Waals surface area contributed by atoms with Crippen molar-refractivity contribution < 1.29 is 22.7 Å². The number of nitrogens with one attached hydrogen (secondary N) is 2. The van der Waals surface area contributed by atoms with Gasteiger partial charge in [0.15, 0.2) is 0 Å². The lowest BCUT2D eigenvalue weighted by molar-refractivity contribution is -0.274. The molecule has 0 fully saturated rings. The van der Waals surface area contributed by atoms with Crippen LogP contribution in [0, 0.1) is 5.41 Å². The van der Waals surface area contributed by atoms with Crippen LogP contribution in [0.15, 0.2) is 36.4 Å². The quantitative estimate of drug-likeness (QED) is 0.646. The summed E-state index contributed by atoms with van der Waals surface area (Å²) in [6.45, 7) is 1.80. The minimum atomic E-state index is -4.82. The minimum Gasteiger partial charge on any atom is -0.404 e. The van der Waals surface area contributed by atoms with E-state index in [-0.39, 0.29) is 22.8 Å². The van der Waals surface area contributed by atoms with Crippen LogP contribution in [-0.4, -0.2) is 18.0 Å². The molecule has 0 bridgehead atoms. The summed E-state index contributed by atoms with van der Waals surface area (Å²) in [7, 11) is 0. The molecule has 0 aliphatic heterocycles. The molecule has 0 spiro atoms. The first kappa shape index (κ1) is 19.6. The smallest absolute Gasteiger partial charge is 0.404 e. The third kappa shape index (κ3) is 5.13. The summed E-state index contributed by atoms with van der Waals surface area (Å²) in [6, 6.07) is 8.55. The monoisotopic (exact) mass is 385 g/mol. The number of nitrogens with two attached hydrogens (primary N) is 1. The van der Waals surface area contributed by atoms with Gasteiger partial charge in [0, 0.05) is 29.1 Å². The summed E-state index contributed by atoms with van der Waals surface area (Å²) < 4.78 is 40.6. The van der Waals surface area contributed by atoms with Crippen LogP contribution < -0.4 is 15.8 Å². The number of hydrogen-bond donors (Lipinski definition) is 3. The van der Waals surface area contributed by atoms with Crippen molar-refractivity contribution in [3.05, 3.63) is 58.1 Å². The Morgan fingerprint density at radius 1 is 1.27 bits per heavy atom. The van der Waals surface area contributed by atoms with Crippen molar-refractivity contribution in [2.75, 3.05) is 5.32 Å². The highest BCUT2D eigenvalue weighted by molar-refractivity contribution is 6.32. The number of ether oxygens (including phenoxy) is 1. The van der Waals surface area contributed by atoms with E-state index in [0.29, 0.717) is 16.8 Å². The zero-order valence-electron chi connectivity index (χ0n) is 13.6. The first-order chi connectivity index (χ1) is 12.1. The van der Waals surface area contributed by atoms with Crippen molar-refractivity contribution in [3.8, 4) is 5.75 Å². The van der Waals surface area contributed by atoms with Gasteiger partial charge in [0.2, 0.25) is 5.91 Å². The number of halogens is 4. The standard InChI is InChI=1S/C17H15ClF3N3O2/c1-9(22)12-7-11(16(23)25)3-4-14(12)24-8-10-2-5-15(13(18)6-10)26-17(19,20)21/h2-7,22,24H,8H2,1H3,(H2,23,25). The van der Waals surface area contributed by atoms with E-state index < -0.39 is 18.0 Å². The molecule has 0 atom stereocenters. The molecule has 4 N–H and O–H groups in total. The van der Waals surface area contributed by atoms with Crippen LogP contribution >= 0.6 is 11.6 Å². The van der Waals surface area contributed by atoms with Gasteiger partial charge < -0.3 is 21.2 Å². The van der Waals surface area contributed by atoms with Gasteiger partial charge in [-0.2, -0.15) is 0 Å². The normalized spacial score (nSPS) is 11.1. The lowest BCUT2D eigenvalue weighted by atomic mass is 10.0. The minimum absolute atomic E-state index is 0.172. The number of rotatable bonds is 6. The molecule has 2 aromatic carbocycles. The topological polar surface area (TPSA) is 88.2 Å². The zero-order chi connectivity index (χ0) is 19.5. The predicted octanol–water partition coefficient (Wildman–Crippen LogP) is 4.34. The third-order valence-electron chi connectivity index (χ3n) is 3.41. The van der Waals surface area contributed by atoms with E-state index in [4.69, 9.17) is 22.7 Å². The van der Waals surface area contributed by atoms with Crippen LogP contribution in [0.3, 0.4) is 0 Å². The summed E-state index contributed by atoms with van der Waals surface area (Å²) in [6.07, 6.45) is -4.82. The number of carbonyl (C=O) groups excluding carboxylic acids is 1. The van der Waals surface area contributed by atoms with Gasteiger partial charge in [-0.15, -0.1) is 13.2 Å². The molecule has 0 saturated carbocycles. The number of amides is 1. The van der Waals surface area contributed by atoms with Crippen LogP contribution in [-0.2, 0) is 6.54 Å². The zero-order valence-corrected chi connectivity index (χ0v) is 14.3. The van der Waals surface area contributed by atoms with Crippen LogP contribution in [0.25, 0.3) is 0 Å². The molecule has 0 heterocycles. The summed E-state index contributed by atoms with van der Waals surface area (Å²) >= 11 is 5.82. The number of primary amides is 1. The second kappa shape index (κ2) is 7.65. The Balaban J connectivity index is 2.17. The van der Waals surface area contributed by atoms with E-state index in [1.54, 1.807) is 13.0 Å². The molecule has 5 nitrogen and oxygen atoms in total. The van der Waals surface area contributed by atoms with E-state index in [0.717, 1.165) is 6.07 Å². The van der Waals surface area contributed by atoms with E-state index in [1.807, 2.05) is 0 Å². The van der Waals surface area contributed by atoms with Gasteiger partial charge in [-0.3, -0.25) is 4.79 Å². The molecular weight excluding hydrogens is 371 g/mol. The molecule has 0 radical (unpaired) electrons. The first-order valence-corrected chi connectivity index (χ1v) is 7.72. The lowest BCUT2D eigenvalue weighted by Gasteiger charge is -2.14. The molecule has 9 heteroatoms. The third-order valence-corrected chi connectivity index (χ3v) is 3.71. The van der Waals surface area contributed by atoms with E-state index in [9.17, 15) is 18.0 Å². The molecule has 1 amide bonds. The highest BCUT2D eigenvalue weighted by Gasteiger charge is 2.32. The maximum atomic E-state index is 12.3. The SMILES string of the molecule is CC(=N)c1cc(C(N)=O)ccc1NCc1ccc(OC(F)(F)F)c(Cl)c1. The molecule has 26 heavy (non-hydrogen) atoms. The molecule has 0 aliphatic carbocycles. The second-order valence-electron chi connectivity index (χ2n) is 5.42. The number of alkyl halides is 3. The molecule has 0 saturated heterocycles. The molecule has 0 aliphatic rings. The fraction of sp³-hybridized carbons (Fsp3) is 0.176. The van der Waals surface area contributed by atoms with E-state index in [1.165, 1.54) is 24.3 Å². The van der Waals surface area contributed by atoms with Crippen LogP contribution in [0.2, 0.25) is 5.02 Å². The number of hydrogen-bond acceptors (Lipinski definition) is 4. The Morgan fingerprint density at radius 3 is 2.50 bits per heavy atom. The second-order valence-corrected chi connectivity index (χ2v) is 5.82. The average Bonchev–Trinajstić information content (AvgIpc) is 2.53. The fourth-order valence-electron chi connectivity index (χ4n) is 2.22. The summed E-state index contributed by atoms with van der Waals surface area (Å²) in [5.41, 5.74) is 7.41. The summed E-state index contributed by atoms with van der Waals surface area (Å²) in [5.74, 6) is -1.09. The van der Waals surface area contributed by atoms with Gasteiger partial charge in [-0.05, 0) is 42.8 Å². The highest BCUT2D eigenvalue weighted by atomic mass is 35.5. The average molecular weight is 386 g/mol. The van der Waals surface area contributed by atoms with Gasteiger partial charge in [0.1, 0.15) is 5.75 Å². The lowest BCUT2D eigenvalue weighted by Crippen LogP contribution is -2.17. The Kier molecular flexibility index (Phi) is 5.76. The van der Waals surface area contributed by atoms with Gasteiger partial charge in [0.05, 0.1) is 5.02 Å². The Bertz CT molecular complexity index is 854. The maximum Gasteiger partial charge on any atom is 0.573 e. The van der Waals surface area contributed by atoms with Crippen molar-refractivity contribution >= 4 is 28.9 Å². The van der Waals surface area contributed by atoms with Gasteiger partial charge >= 0.3 is 6.36 Å². The first-order valence-electron chi connectivity index (χ1n) is 7.34. The number of benzene rings is 2. The van der Waals surface area contributed by atoms with Crippen molar-refractivity contribution in [2.45, 2.75) is 19.8 Å².